The molecule has 0 aromatic rings. The summed E-state index contributed by atoms with van der Waals surface area (Å²) >= 11 is 0. The monoisotopic (exact) mass is 221 g/mol. The molecule has 0 aromatic heterocycles. The standard InChI is InChI=1S/C10H23NO2S/c1-5-10(11-6-2)9(3)14(12)8-7-13-4/h9-11H,5-8H2,1-4H3. The Morgan fingerprint density at radius 3 is 2.50 bits per heavy atom. The molecule has 4 heteroatoms. The van der Waals surface area contributed by atoms with E-state index in [1.54, 1.807) is 7.11 Å². The fourth-order valence-corrected chi connectivity index (χ4v) is 2.80. The first-order valence-corrected chi connectivity index (χ1v) is 6.65. The van der Waals surface area contributed by atoms with Crippen LogP contribution in [0, 0.1) is 0 Å². The molecular formula is C10H23NO2S. The predicted octanol–water partition coefficient (Wildman–Crippen LogP) is 1.16. The highest BCUT2D eigenvalue weighted by Crippen LogP contribution is 2.06. The van der Waals surface area contributed by atoms with Crippen LogP contribution >= 0.6 is 0 Å². The third-order valence-electron chi connectivity index (χ3n) is 2.38. The van der Waals surface area contributed by atoms with Gasteiger partial charge in [0.25, 0.3) is 0 Å². The van der Waals surface area contributed by atoms with Crippen LogP contribution in [0.1, 0.15) is 27.2 Å². The number of hydrogen-bond acceptors (Lipinski definition) is 3. The van der Waals surface area contributed by atoms with Crippen molar-refractivity contribution >= 4 is 10.8 Å². The lowest BCUT2D eigenvalue weighted by Gasteiger charge is -2.22. The van der Waals surface area contributed by atoms with Gasteiger partial charge in [0.15, 0.2) is 0 Å². The van der Waals surface area contributed by atoms with Gasteiger partial charge in [-0.05, 0) is 19.9 Å². The number of nitrogens with one attached hydrogen (secondary N) is 1. The second-order valence-electron chi connectivity index (χ2n) is 3.36. The number of methoxy groups -OCH3 is 1. The van der Waals surface area contributed by atoms with Crippen molar-refractivity contribution < 1.29 is 8.95 Å². The first-order chi connectivity index (χ1) is 6.67. The minimum atomic E-state index is -0.784. The molecule has 3 unspecified atom stereocenters. The van der Waals surface area contributed by atoms with Crippen LogP contribution in [-0.4, -0.2) is 41.5 Å². The summed E-state index contributed by atoms with van der Waals surface area (Å²) in [6, 6.07) is 0.359. The topological polar surface area (TPSA) is 38.3 Å². The Bertz CT molecular complexity index is 164. The van der Waals surface area contributed by atoms with Gasteiger partial charge in [0.05, 0.1) is 6.61 Å². The molecule has 3 atom stereocenters. The third kappa shape index (κ3) is 5.08. The fourth-order valence-electron chi connectivity index (χ4n) is 1.44. The quantitative estimate of drug-likeness (QED) is 0.668. The van der Waals surface area contributed by atoms with Crippen LogP contribution in [0.2, 0.25) is 0 Å². The summed E-state index contributed by atoms with van der Waals surface area (Å²) < 4.78 is 16.7. The molecule has 0 radical (unpaired) electrons. The summed E-state index contributed by atoms with van der Waals surface area (Å²) in [5.41, 5.74) is 0. The van der Waals surface area contributed by atoms with Crippen LogP contribution in [0.5, 0.6) is 0 Å². The summed E-state index contributed by atoms with van der Waals surface area (Å²) in [6.45, 7) is 7.76. The van der Waals surface area contributed by atoms with Crippen molar-refractivity contribution in [2.75, 3.05) is 26.0 Å². The lowest BCUT2D eigenvalue weighted by Crippen LogP contribution is -2.40. The van der Waals surface area contributed by atoms with E-state index in [4.69, 9.17) is 4.74 Å². The molecule has 3 nitrogen and oxygen atoms in total. The zero-order chi connectivity index (χ0) is 11.0. The Balaban J connectivity index is 3.98. The Labute approximate surface area is 90.1 Å². The van der Waals surface area contributed by atoms with Crippen LogP contribution in [0.3, 0.4) is 0 Å². The highest BCUT2D eigenvalue weighted by Gasteiger charge is 2.19. The molecule has 86 valence electrons. The maximum Gasteiger partial charge on any atom is 0.0577 e. The van der Waals surface area contributed by atoms with Gasteiger partial charge in [-0.15, -0.1) is 0 Å². The smallest absolute Gasteiger partial charge is 0.0577 e. The van der Waals surface area contributed by atoms with Gasteiger partial charge in [-0.2, -0.15) is 0 Å². The Morgan fingerprint density at radius 2 is 2.07 bits per heavy atom. The fraction of sp³-hybridized carbons (Fsp3) is 1.00. The molecule has 0 saturated carbocycles. The van der Waals surface area contributed by atoms with Gasteiger partial charge in [-0.1, -0.05) is 13.8 Å². The minimum Gasteiger partial charge on any atom is -0.384 e. The van der Waals surface area contributed by atoms with Crippen LogP contribution in [0.15, 0.2) is 0 Å². The molecule has 0 aliphatic carbocycles. The van der Waals surface area contributed by atoms with Gasteiger partial charge >= 0.3 is 0 Å². The lowest BCUT2D eigenvalue weighted by atomic mass is 10.2. The molecule has 0 amide bonds. The summed E-state index contributed by atoms with van der Waals surface area (Å²) in [6.07, 6.45) is 1.02. The van der Waals surface area contributed by atoms with Gasteiger partial charge in [0, 0.05) is 35.0 Å². The zero-order valence-electron chi connectivity index (χ0n) is 9.71. The molecule has 14 heavy (non-hydrogen) atoms. The van der Waals surface area contributed by atoms with E-state index in [-0.39, 0.29) is 5.25 Å². The van der Waals surface area contributed by atoms with Gasteiger partial charge in [-0.25, -0.2) is 0 Å². The van der Waals surface area contributed by atoms with E-state index in [0.29, 0.717) is 18.4 Å². The van der Waals surface area contributed by atoms with Crippen molar-refractivity contribution in [1.82, 2.24) is 5.32 Å². The molecule has 0 spiro atoms. The molecule has 0 fully saturated rings. The number of ether oxygens (including phenoxy) is 1. The summed E-state index contributed by atoms with van der Waals surface area (Å²) in [4.78, 5) is 0. The van der Waals surface area contributed by atoms with Crippen molar-refractivity contribution in [2.24, 2.45) is 0 Å². The molecule has 0 aliphatic heterocycles. The zero-order valence-corrected chi connectivity index (χ0v) is 10.5. The van der Waals surface area contributed by atoms with Crippen LogP contribution in [-0.2, 0) is 15.5 Å². The SMILES string of the molecule is CCNC(CC)C(C)S(=O)CCOC. The molecule has 0 heterocycles. The van der Waals surface area contributed by atoms with Crippen LogP contribution in [0.25, 0.3) is 0 Å². The highest BCUT2D eigenvalue weighted by molar-refractivity contribution is 7.85. The van der Waals surface area contributed by atoms with Gasteiger partial charge in [-0.3, -0.25) is 4.21 Å². The van der Waals surface area contributed by atoms with Crippen molar-refractivity contribution in [2.45, 2.75) is 38.5 Å². The summed E-state index contributed by atoms with van der Waals surface area (Å²) in [5.74, 6) is 0.638. The third-order valence-corrected chi connectivity index (χ3v) is 4.10. The normalized spacial score (nSPS) is 17.7. The maximum absolute atomic E-state index is 11.8. The van der Waals surface area contributed by atoms with Crippen molar-refractivity contribution in [3.63, 3.8) is 0 Å². The largest absolute Gasteiger partial charge is 0.384 e. The molecule has 0 aromatic carbocycles. The highest BCUT2D eigenvalue weighted by atomic mass is 32.2. The maximum atomic E-state index is 11.8. The molecular weight excluding hydrogens is 198 g/mol. The summed E-state index contributed by atoms with van der Waals surface area (Å²) in [7, 11) is 0.859. The van der Waals surface area contributed by atoms with Crippen molar-refractivity contribution in [3.8, 4) is 0 Å². The average Bonchev–Trinajstić information content (AvgIpc) is 2.21. The van der Waals surface area contributed by atoms with E-state index in [0.717, 1.165) is 13.0 Å². The van der Waals surface area contributed by atoms with Crippen LogP contribution < -0.4 is 5.32 Å². The Hall–Kier alpha value is 0.0700. The van der Waals surface area contributed by atoms with Crippen molar-refractivity contribution in [3.05, 3.63) is 0 Å². The molecule has 1 N–H and O–H groups in total. The van der Waals surface area contributed by atoms with Crippen LogP contribution in [0.4, 0.5) is 0 Å². The first-order valence-electron chi connectivity index (χ1n) is 5.26. The van der Waals surface area contributed by atoms with E-state index in [9.17, 15) is 4.21 Å². The second kappa shape index (κ2) is 8.38. The number of rotatable bonds is 8. The molecule has 0 bridgehead atoms. The van der Waals surface area contributed by atoms with E-state index >= 15 is 0 Å². The molecule has 0 aliphatic rings. The predicted molar refractivity (Wildman–Crippen MR) is 62.1 cm³/mol. The van der Waals surface area contributed by atoms with Gasteiger partial charge in [0.1, 0.15) is 0 Å². The Kier molecular flexibility index (Phi) is 8.43. The van der Waals surface area contributed by atoms with E-state index < -0.39 is 10.8 Å². The minimum absolute atomic E-state index is 0.204. The van der Waals surface area contributed by atoms with Gasteiger partial charge in [0.2, 0.25) is 0 Å². The molecule has 0 saturated heterocycles. The second-order valence-corrected chi connectivity index (χ2v) is 5.27. The first kappa shape index (κ1) is 14.1. The summed E-state index contributed by atoms with van der Waals surface area (Å²) in [5, 5.41) is 3.56. The van der Waals surface area contributed by atoms with Gasteiger partial charge < -0.3 is 10.1 Å². The van der Waals surface area contributed by atoms with Crippen molar-refractivity contribution in [1.29, 1.82) is 0 Å². The average molecular weight is 221 g/mol. The van der Waals surface area contributed by atoms with E-state index in [2.05, 4.69) is 19.2 Å². The Morgan fingerprint density at radius 1 is 1.43 bits per heavy atom. The molecule has 0 rings (SSSR count). The van der Waals surface area contributed by atoms with E-state index in [1.165, 1.54) is 0 Å². The lowest BCUT2D eigenvalue weighted by molar-refractivity contribution is 0.217. The number of hydrogen-bond donors (Lipinski definition) is 1. The van der Waals surface area contributed by atoms with E-state index in [1.807, 2.05) is 6.92 Å².